The lowest BCUT2D eigenvalue weighted by atomic mass is 10.0. The molecule has 0 radical (unpaired) electrons. The molecule has 9 aromatic rings. The molecule has 3 aromatic heterocycles. The van der Waals surface area contributed by atoms with Crippen molar-refractivity contribution in [3.05, 3.63) is 150 Å². The van der Waals surface area contributed by atoms with E-state index in [1.165, 1.54) is 14.8 Å². The highest BCUT2D eigenvalue weighted by atomic mass is 32.1. The van der Waals surface area contributed by atoms with E-state index in [2.05, 4.69) is 64.0 Å². The Morgan fingerprint density at radius 1 is 0.625 bits per heavy atom. The maximum absolute atomic E-state index is 10.7. The Morgan fingerprint density at radius 2 is 1.25 bits per heavy atom. The van der Waals surface area contributed by atoms with E-state index in [0.717, 1.165) is 38.3 Å². The summed E-state index contributed by atoms with van der Waals surface area (Å²) in [5.74, 6) is 1.32. The largest absolute Gasteiger partial charge is 0.308 e. The van der Waals surface area contributed by atoms with Crippen LogP contribution in [0.15, 0.2) is 133 Å². The number of hydrogen-bond donors (Lipinski definition) is 0. The van der Waals surface area contributed by atoms with Gasteiger partial charge in [0, 0.05) is 47.6 Å². The summed E-state index contributed by atoms with van der Waals surface area (Å²) in [4.78, 5) is 18.5. The molecule has 48 heavy (non-hydrogen) atoms. The van der Waals surface area contributed by atoms with Gasteiger partial charge < -0.3 is 4.57 Å². The molecule has 0 saturated heterocycles. The predicted octanol–water partition coefficient (Wildman–Crippen LogP) is 10.8. The van der Waals surface area contributed by atoms with Crippen molar-refractivity contribution in [1.29, 1.82) is 5.26 Å². The maximum Gasteiger partial charge on any atom is 0.200 e. The molecule has 0 aliphatic carbocycles. The van der Waals surface area contributed by atoms with Crippen molar-refractivity contribution in [3.63, 3.8) is 0 Å². The molecule has 0 unspecified atom stereocenters. The molecule has 0 amide bonds. The molecule has 6 aromatic carbocycles. The van der Waals surface area contributed by atoms with Crippen LogP contribution in [-0.4, -0.2) is 19.5 Å². The van der Waals surface area contributed by atoms with Gasteiger partial charge in [-0.2, -0.15) is 5.26 Å². The van der Waals surface area contributed by atoms with Crippen molar-refractivity contribution in [2.24, 2.45) is 0 Å². The first kappa shape index (κ1) is 27.6. The van der Waals surface area contributed by atoms with Crippen LogP contribution in [0.4, 0.5) is 5.69 Å². The van der Waals surface area contributed by atoms with Gasteiger partial charge in [0.2, 0.25) is 0 Å². The van der Waals surface area contributed by atoms with Crippen molar-refractivity contribution < 1.29 is 0 Å². The number of rotatable bonds is 4. The van der Waals surface area contributed by atoms with E-state index in [0.29, 0.717) is 40.0 Å². The Bertz CT molecular complexity index is 2740. The molecule has 0 aliphatic heterocycles. The van der Waals surface area contributed by atoms with Crippen molar-refractivity contribution in [2.45, 2.75) is 0 Å². The van der Waals surface area contributed by atoms with Crippen LogP contribution >= 0.6 is 11.3 Å². The molecule has 222 valence electrons. The number of thiophene rings is 1. The number of para-hydroxylation sites is 1. The Labute approximate surface area is 279 Å². The molecule has 0 bridgehead atoms. The average molecular weight is 631 g/mol. The molecule has 0 atom stereocenters. The maximum atomic E-state index is 10.7. The summed E-state index contributed by atoms with van der Waals surface area (Å²) in [7, 11) is 0. The van der Waals surface area contributed by atoms with Gasteiger partial charge in [-0.3, -0.25) is 0 Å². The summed E-state index contributed by atoms with van der Waals surface area (Å²) in [6.07, 6.45) is 0. The fourth-order valence-corrected chi connectivity index (χ4v) is 7.68. The lowest BCUT2D eigenvalue weighted by Crippen LogP contribution is -2.02. The summed E-state index contributed by atoms with van der Waals surface area (Å²) in [5, 5.41) is 15.2. The molecule has 6 nitrogen and oxygen atoms in total. The lowest BCUT2D eigenvalue weighted by Gasteiger charge is -2.14. The van der Waals surface area contributed by atoms with Crippen molar-refractivity contribution in [1.82, 2.24) is 19.5 Å². The summed E-state index contributed by atoms with van der Waals surface area (Å²) in [5.41, 5.74) is 5.53. The van der Waals surface area contributed by atoms with Gasteiger partial charge in [-0.05, 0) is 30.3 Å². The van der Waals surface area contributed by atoms with E-state index in [1.807, 2.05) is 78.9 Å². The second kappa shape index (κ2) is 11.0. The Hall–Kier alpha value is -6.67. The minimum absolute atomic E-state index is 0.338. The van der Waals surface area contributed by atoms with Gasteiger partial charge in [0.1, 0.15) is 6.07 Å². The van der Waals surface area contributed by atoms with Gasteiger partial charge >= 0.3 is 0 Å². The summed E-state index contributed by atoms with van der Waals surface area (Å²) >= 11 is 1.76. The zero-order valence-electron chi connectivity index (χ0n) is 25.3. The molecule has 9 rings (SSSR count). The first-order chi connectivity index (χ1) is 23.7. The van der Waals surface area contributed by atoms with Crippen LogP contribution in [0.5, 0.6) is 0 Å². The van der Waals surface area contributed by atoms with Crippen LogP contribution < -0.4 is 0 Å². The van der Waals surface area contributed by atoms with Gasteiger partial charge in [0.15, 0.2) is 23.2 Å². The standard InChI is InChI=1S/C41H22N6S/c1-43-32-23-34(47-33-18-10-8-16-28(33)29-20-21-36-37(38(29)47)30-17-9-11-19-35(30)48-36)27(24-42)22-31(32)41-45-39(25-12-4-2-5-13-25)44-40(46-41)26-14-6-3-7-15-26/h2-23H. The van der Waals surface area contributed by atoms with Gasteiger partial charge in [-0.1, -0.05) is 103 Å². The van der Waals surface area contributed by atoms with Crippen LogP contribution in [0.1, 0.15) is 5.56 Å². The van der Waals surface area contributed by atoms with Gasteiger partial charge in [0.05, 0.1) is 28.9 Å². The first-order valence-corrected chi connectivity index (χ1v) is 16.2. The molecule has 3 heterocycles. The average Bonchev–Trinajstić information content (AvgIpc) is 3.70. The lowest BCUT2D eigenvalue weighted by molar-refractivity contribution is 1.07. The molecule has 0 fully saturated rings. The quantitative estimate of drug-likeness (QED) is 0.181. The number of fused-ring (bicyclic) bond motifs is 7. The van der Waals surface area contributed by atoms with Crippen LogP contribution in [-0.2, 0) is 0 Å². The summed E-state index contributed by atoms with van der Waals surface area (Å²) in [6.45, 7) is 8.32. The predicted molar refractivity (Wildman–Crippen MR) is 194 cm³/mol. The minimum atomic E-state index is 0.338. The first-order valence-electron chi connectivity index (χ1n) is 15.4. The van der Waals surface area contributed by atoms with E-state index in [9.17, 15) is 5.26 Å². The van der Waals surface area contributed by atoms with E-state index >= 15 is 0 Å². The van der Waals surface area contributed by atoms with Crippen LogP contribution in [0.3, 0.4) is 0 Å². The van der Waals surface area contributed by atoms with E-state index < -0.39 is 0 Å². The fraction of sp³-hybridized carbons (Fsp3) is 0. The van der Waals surface area contributed by atoms with E-state index in [4.69, 9.17) is 21.5 Å². The third kappa shape index (κ3) is 4.27. The molecule has 0 aliphatic rings. The Morgan fingerprint density at radius 3 is 1.94 bits per heavy atom. The normalized spacial score (nSPS) is 11.3. The van der Waals surface area contributed by atoms with Crippen LogP contribution in [0.25, 0.3) is 86.7 Å². The number of aromatic nitrogens is 4. The minimum Gasteiger partial charge on any atom is -0.308 e. The van der Waals surface area contributed by atoms with Crippen molar-refractivity contribution >= 4 is 59.0 Å². The van der Waals surface area contributed by atoms with Crippen LogP contribution in [0.2, 0.25) is 0 Å². The second-order valence-electron chi connectivity index (χ2n) is 11.4. The van der Waals surface area contributed by atoms with Gasteiger partial charge in [-0.15, -0.1) is 11.3 Å². The summed E-state index contributed by atoms with van der Waals surface area (Å²) < 4.78 is 4.52. The third-order valence-corrected chi connectivity index (χ3v) is 9.85. The molecule has 0 saturated carbocycles. The molecule has 0 spiro atoms. The second-order valence-corrected chi connectivity index (χ2v) is 12.5. The molecule has 0 N–H and O–H groups in total. The smallest absolute Gasteiger partial charge is 0.200 e. The topological polar surface area (TPSA) is 71.8 Å². The van der Waals surface area contributed by atoms with Crippen LogP contribution in [0, 0.1) is 17.9 Å². The Kier molecular flexibility index (Phi) is 6.33. The highest BCUT2D eigenvalue weighted by molar-refractivity contribution is 7.26. The van der Waals surface area contributed by atoms with Crippen molar-refractivity contribution in [3.8, 4) is 45.9 Å². The highest BCUT2D eigenvalue weighted by Crippen LogP contribution is 2.44. The molecular formula is C41H22N6S. The molecule has 7 heteroatoms. The van der Waals surface area contributed by atoms with Gasteiger partial charge in [-0.25, -0.2) is 19.8 Å². The summed E-state index contributed by atoms with van der Waals surface area (Å²) in [6, 6.07) is 46.5. The number of benzene rings is 6. The highest BCUT2D eigenvalue weighted by Gasteiger charge is 2.23. The SMILES string of the molecule is [C-]#[N+]c1cc(-n2c3ccccc3c3ccc4sc5ccccc5c4c32)c(C#N)cc1-c1nc(-c2ccccc2)nc(-c2ccccc2)n1. The number of nitriles is 1. The van der Waals surface area contributed by atoms with Crippen molar-refractivity contribution in [2.75, 3.05) is 0 Å². The zero-order valence-corrected chi connectivity index (χ0v) is 26.1. The monoisotopic (exact) mass is 630 g/mol. The number of hydrogen-bond acceptors (Lipinski definition) is 5. The Balaban J connectivity index is 1.34. The zero-order chi connectivity index (χ0) is 32.2. The number of nitrogens with zero attached hydrogens (tertiary/aromatic N) is 6. The molecular weight excluding hydrogens is 609 g/mol. The fourth-order valence-electron chi connectivity index (χ4n) is 6.57. The third-order valence-electron chi connectivity index (χ3n) is 8.71. The van der Waals surface area contributed by atoms with Gasteiger partial charge in [0.25, 0.3) is 0 Å². The van der Waals surface area contributed by atoms with E-state index in [1.54, 1.807) is 17.4 Å². The van der Waals surface area contributed by atoms with E-state index in [-0.39, 0.29) is 0 Å².